The van der Waals surface area contributed by atoms with Crippen molar-refractivity contribution in [1.29, 1.82) is 0 Å². The lowest BCUT2D eigenvalue weighted by atomic mass is 10.1. The number of para-hydroxylation sites is 1. The molecule has 1 fully saturated rings. The lowest BCUT2D eigenvalue weighted by molar-refractivity contribution is -0.117. The normalized spacial score (nSPS) is 18.2. The summed E-state index contributed by atoms with van der Waals surface area (Å²) in [5.74, 6) is 0.322. The van der Waals surface area contributed by atoms with Crippen LogP contribution in [-0.2, 0) is 11.3 Å². The highest BCUT2D eigenvalue weighted by Gasteiger charge is 2.28. The molecule has 0 saturated carbocycles. The lowest BCUT2D eigenvalue weighted by Crippen LogP contribution is -2.38. The zero-order valence-corrected chi connectivity index (χ0v) is 11.5. The first-order valence-corrected chi connectivity index (χ1v) is 7.22. The number of anilines is 1. The molecule has 5 nitrogen and oxygen atoms in total. The maximum atomic E-state index is 12.0. The Morgan fingerprint density at radius 2 is 2.26 bits per heavy atom. The Balaban J connectivity index is 2.01. The SMILES string of the molecule is CCNCc1ccccc1NC(=O)C1CSC(=O)N1. The predicted molar refractivity (Wildman–Crippen MR) is 77.2 cm³/mol. The number of carbonyl (C=O) groups excluding carboxylic acids is 2. The minimum Gasteiger partial charge on any atom is -0.334 e. The molecule has 19 heavy (non-hydrogen) atoms. The van der Waals surface area contributed by atoms with Gasteiger partial charge in [-0.3, -0.25) is 9.59 Å². The van der Waals surface area contributed by atoms with E-state index in [1.807, 2.05) is 31.2 Å². The van der Waals surface area contributed by atoms with Crippen molar-refractivity contribution in [2.24, 2.45) is 0 Å². The van der Waals surface area contributed by atoms with Gasteiger partial charge in [0.15, 0.2) is 0 Å². The zero-order valence-electron chi connectivity index (χ0n) is 10.7. The summed E-state index contributed by atoms with van der Waals surface area (Å²) in [6, 6.07) is 7.22. The van der Waals surface area contributed by atoms with Crippen LogP contribution in [-0.4, -0.2) is 29.5 Å². The van der Waals surface area contributed by atoms with Crippen molar-refractivity contribution in [1.82, 2.24) is 10.6 Å². The largest absolute Gasteiger partial charge is 0.334 e. The summed E-state index contributed by atoms with van der Waals surface area (Å²) in [4.78, 5) is 23.1. The van der Waals surface area contributed by atoms with E-state index in [0.29, 0.717) is 12.3 Å². The zero-order chi connectivity index (χ0) is 13.7. The minimum atomic E-state index is -0.440. The van der Waals surface area contributed by atoms with Crippen LogP contribution in [0.4, 0.5) is 10.5 Å². The molecule has 0 bridgehead atoms. The molecule has 0 spiro atoms. The predicted octanol–water partition coefficient (Wildman–Crippen LogP) is 1.56. The Morgan fingerprint density at radius 3 is 2.95 bits per heavy atom. The van der Waals surface area contributed by atoms with Crippen molar-refractivity contribution >= 4 is 28.6 Å². The Kier molecular flexibility index (Phi) is 4.81. The number of carbonyl (C=O) groups is 2. The second-order valence-corrected chi connectivity index (χ2v) is 5.21. The van der Waals surface area contributed by atoms with E-state index in [-0.39, 0.29) is 11.1 Å². The van der Waals surface area contributed by atoms with E-state index in [2.05, 4.69) is 16.0 Å². The summed E-state index contributed by atoms with van der Waals surface area (Å²) >= 11 is 1.14. The molecule has 2 amide bonds. The fraction of sp³-hybridized carbons (Fsp3) is 0.385. The first-order valence-electron chi connectivity index (χ1n) is 6.23. The molecule has 1 aromatic carbocycles. The van der Waals surface area contributed by atoms with Crippen LogP contribution in [0.3, 0.4) is 0 Å². The topological polar surface area (TPSA) is 70.2 Å². The van der Waals surface area contributed by atoms with Gasteiger partial charge in [-0.1, -0.05) is 36.9 Å². The van der Waals surface area contributed by atoms with Crippen molar-refractivity contribution in [3.63, 3.8) is 0 Å². The number of nitrogens with one attached hydrogen (secondary N) is 3. The summed E-state index contributed by atoms with van der Waals surface area (Å²) in [5, 5.41) is 8.60. The summed E-state index contributed by atoms with van der Waals surface area (Å²) in [6.45, 7) is 3.61. The van der Waals surface area contributed by atoms with Crippen molar-refractivity contribution < 1.29 is 9.59 Å². The smallest absolute Gasteiger partial charge is 0.279 e. The first-order chi connectivity index (χ1) is 9.20. The molecule has 2 rings (SSSR count). The monoisotopic (exact) mass is 279 g/mol. The van der Waals surface area contributed by atoms with Crippen LogP contribution in [0.5, 0.6) is 0 Å². The quantitative estimate of drug-likeness (QED) is 0.765. The van der Waals surface area contributed by atoms with Gasteiger partial charge in [0.2, 0.25) is 5.91 Å². The average molecular weight is 279 g/mol. The average Bonchev–Trinajstić information content (AvgIpc) is 2.84. The highest BCUT2D eigenvalue weighted by Crippen LogP contribution is 2.18. The third-order valence-corrected chi connectivity index (χ3v) is 3.71. The summed E-state index contributed by atoms with van der Waals surface area (Å²) in [6.07, 6.45) is 0. The number of benzene rings is 1. The summed E-state index contributed by atoms with van der Waals surface area (Å²) in [7, 11) is 0. The van der Waals surface area contributed by atoms with Gasteiger partial charge < -0.3 is 16.0 Å². The van der Waals surface area contributed by atoms with E-state index in [4.69, 9.17) is 0 Å². The van der Waals surface area contributed by atoms with Gasteiger partial charge in [-0.15, -0.1) is 0 Å². The van der Waals surface area contributed by atoms with E-state index >= 15 is 0 Å². The first kappa shape index (κ1) is 13.9. The maximum Gasteiger partial charge on any atom is 0.279 e. The Bertz CT molecular complexity index is 479. The van der Waals surface area contributed by atoms with Gasteiger partial charge in [0.05, 0.1) is 0 Å². The standard InChI is InChI=1S/C13H17N3O2S/c1-2-14-7-9-5-3-4-6-10(9)15-12(17)11-8-19-13(18)16-11/h3-6,11,14H,2,7-8H2,1H3,(H,15,17)(H,16,18). The third-order valence-electron chi connectivity index (χ3n) is 2.83. The van der Waals surface area contributed by atoms with Gasteiger partial charge in [-0.25, -0.2) is 0 Å². The van der Waals surface area contributed by atoms with Gasteiger partial charge >= 0.3 is 0 Å². The van der Waals surface area contributed by atoms with Crippen LogP contribution in [0, 0.1) is 0 Å². The molecular weight excluding hydrogens is 262 g/mol. The lowest BCUT2D eigenvalue weighted by Gasteiger charge is -2.14. The van der Waals surface area contributed by atoms with Crippen molar-refractivity contribution in [3.05, 3.63) is 29.8 Å². The van der Waals surface area contributed by atoms with Gasteiger partial charge in [-0.2, -0.15) is 0 Å². The van der Waals surface area contributed by atoms with E-state index in [0.717, 1.165) is 29.6 Å². The molecule has 102 valence electrons. The highest BCUT2D eigenvalue weighted by atomic mass is 32.2. The fourth-order valence-corrected chi connectivity index (χ4v) is 2.58. The van der Waals surface area contributed by atoms with Crippen LogP contribution < -0.4 is 16.0 Å². The number of rotatable bonds is 5. The van der Waals surface area contributed by atoms with Crippen LogP contribution >= 0.6 is 11.8 Å². The molecule has 1 aliphatic rings. The molecule has 6 heteroatoms. The van der Waals surface area contributed by atoms with Crippen LogP contribution in [0.2, 0.25) is 0 Å². The second-order valence-electron chi connectivity index (χ2n) is 4.22. The molecule has 1 atom stereocenters. The molecule has 1 unspecified atom stereocenters. The number of amides is 2. The van der Waals surface area contributed by atoms with Gasteiger partial charge in [0, 0.05) is 18.0 Å². The van der Waals surface area contributed by atoms with Gasteiger partial charge in [0.25, 0.3) is 5.24 Å². The molecule has 1 heterocycles. The van der Waals surface area contributed by atoms with Gasteiger partial charge in [0.1, 0.15) is 6.04 Å². The number of thioether (sulfide) groups is 1. The van der Waals surface area contributed by atoms with E-state index in [9.17, 15) is 9.59 Å². The number of hydrogen-bond donors (Lipinski definition) is 3. The van der Waals surface area contributed by atoms with Gasteiger partial charge in [-0.05, 0) is 18.2 Å². The van der Waals surface area contributed by atoms with Crippen molar-refractivity contribution in [2.45, 2.75) is 19.5 Å². The third kappa shape index (κ3) is 3.71. The molecule has 0 radical (unpaired) electrons. The van der Waals surface area contributed by atoms with Crippen LogP contribution in [0.1, 0.15) is 12.5 Å². The Hall–Kier alpha value is -1.53. The Labute approximate surface area is 116 Å². The van der Waals surface area contributed by atoms with E-state index < -0.39 is 6.04 Å². The van der Waals surface area contributed by atoms with Crippen molar-refractivity contribution in [2.75, 3.05) is 17.6 Å². The molecular formula is C13H17N3O2S. The van der Waals surface area contributed by atoms with Crippen LogP contribution in [0.15, 0.2) is 24.3 Å². The minimum absolute atomic E-state index is 0.138. The second kappa shape index (κ2) is 6.58. The molecule has 0 aliphatic carbocycles. The van der Waals surface area contributed by atoms with Crippen molar-refractivity contribution in [3.8, 4) is 0 Å². The molecule has 3 N–H and O–H groups in total. The molecule has 1 saturated heterocycles. The van der Waals surface area contributed by atoms with Crippen LogP contribution in [0.25, 0.3) is 0 Å². The highest BCUT2D eigenvalue weighted by molar-refractivity contribution is 8.14. The summed E-state index contributed by atoms with van der Waals surface area (Å²) in [5.41, 5.74) is 1.83. The molecule has 1 aromatic rings. The Morgan fingerprint density at radius 1 is 1.47 bits per heavy atom. The van der Waals surface area contributed by atoms with E-state index in [1.54, 1.807) is 0 Å². The molecule has 1 aliphatic heterocycles. The number of hydrogen-bond acceptors (Lipinski definition) is 4. The summed E-state index contributed by atoms with van der Waals surface area (Å²) < 4.78 is 0. The maximum absolute atomic E-state index is 12.0. The molecule has 0 aromatic heterocycles. The fourth-order valence-electron chi connectivity index (χ4n) is 1.80. The van der Waals surface area contributed by atoms with E-state index in [1.165, 1.54) is 0 Å².